The van der Waals surface area contributed by atoms with Crippen LogP contribution >= 0.6 is 0 Å². The molecule has 1 aliphatic carbocycles. The highest BCUT2D eigenvalue weighted by atomic mass is 32.2. The second-order valence-corrected chi connectivity index (χ2v) is 7.25. The van der Waals surface area contributed by atoms with Gasteiger partial charge in [-0.2, -0.15) is 0 Å². The number of hydrogen-bond donors (Lipinski definition) is 2. The fraction of sp³-hybridized carbons (Fsp3) is 0.267. The molecule has 0 unspecified atom stereocenters. The standard InChI is InChI=1S/C15H16N2O3S/c1-3-11-9-15(11,2)14(18)17-21(19,20)12-6-4-5-10-7-8-16-13(10)12/h3-8,11,16H,1,9H2,2H3,(H,17,18)/t11-,15+/m1/s1. The van der Waals surface area contributed by atoms with Gasteiger partial charge in [0.15, 0.2) is 0 Å². The molecule has 0 saturated heterocycles. The van der Waals surface area contributed by atoms with Gasteiger partial charge >= 0.3 is 0 Å². The zero-order valence-electron chi connectivity index (χ0n) is 11.6. The van der Waals surface area contributed by atoms with Crippen LogP contribution < -0.4 is 4.72 Å². The molecule has 2 atom stereocenters. The minimum atomic E-state index is -3.90. The third kappa shape index (κ3) is 2.15. The number of allylic oxidation sites excluding steroid dienone is 1. The number of hydrogen-bond acceptors (Lipinski definition) is 3. The molecule has 0 bridgehead atoms. The predicted molar refractivity (Wildman–Crippen MR) is 80.0 cm³/mol. The Morgan fingerprint density at radius 2 is 2.24 bits per heavy atom. The molecule has 1 amide bonds. The zero-order valence-corrected chi connectivity index (χ0v) is 12.4. The Kier molecular flexibility index (Phi) is 2.95. The van der Waals surface area contributed by atoms with Crippen molar-refractivity contribution in [3.8, 4) is 0 Å². The fourth-order valence-electron chi connectivity index (χ4n) is 2.58. The van der Waals surface area contributed by atoms with E-state index in [1.165, 1.54) is 6.07 Å². The zero-order chi connectivity index (χ0) is 15.3. The maximum atomic E-state index is 12.4. The van der Waals surface area contributed by atoms with Crippen LogP contribution in [0, 0.1) is 11.3 Å². The summed E-state index contributed by atoms with van der Waals surface area (Å²) in [7, 11) is -3.90. The highest BCUT2D eigenvalue weighted by Crippen LogP contribution is 2.53. The summed E-state index contributed by atoms with van der Waals surface area (Å²) in [6.45, 7) is 5.40. The minimum absolute atomic E-state index is 0.0361. The number of carbonyl (C=O) groups is 1. The first-order valence-corrected chi connectivity index (χ1v) is 8.13. The molecule has 21 heavy (non-hydrogen) atoms. The van der Waals surface area contributed by atoms with E-state index in [0.717, 1.165) is 5.39 Å². The van der Waals surface area contributed by atoms with Crippen molar-refractivity contribution in [2.24, 2.45) is 11.3 Å². The molecule has 5 nitrogen and oxygen atoms in total. The van der Waals surface area contributed by atoms with E-state index in [1.807, 2.05) is 6.07 Å². The minimum Gasteiger partial charge on any atom is -0.360 e. The Balaban J connectivity index is 1.93. The van der Waals surface area contributed by atoms with Crippen LogP contribution in [0.5, 0.6) is 0 Å². The van der Waals surface area contributed by atoms with Gasteiger partial charge in [-0.1, -0.05) is 25.1 Å². The van der Waals surface area contributed by atoms with Gasteiger partial charge in [-0.3, -0.25) is 4.79 Å². The average Bonchev–Trinajstić information content (AvgIpc) is 2.91. The van der Waals surface area contributed by atoms with E-state index >= 15 is 0 Å². The third-order valence-electron chi connectivity index (χ3n) is 4.17. The van der Waals surface area contributed by atoms with Crippen LogP contribution in [0.25, 0.3) is 10.9 Å². The topological polar surface area (TPSA) is 79.0 Å². The lowest BCUT2D eigenvalue weighted by molar-refractivity contribution is -0.124. The summed E-state index contributed by atoms with van der Waals surface area (Å²) in [6.07, 6.45) is 3.99. The van der Waals surface area contributed by atoms with E-state index in [-0.39, 0.29) is 10.8 Å². The lowest BCUT2D eigenvalue weighted by atomic mass is 10.1. The van der Waals surface area contributed by atoms with Crippen LogP contribution in [0.1, 0.15) is 13.3 Å². The van der Waals surface area contributed by atoms with E-state index < -0.39 is 21.3 Å². The number of amides is 1. The molecular weight excluding hydrogens is 288 g/mol. The third-order valence-corrected chi connectivity index (χ3v) is 5.54. The molecule has 0 aliphatic heterocycles. The van der Waals surface area contributed by atoms with Crippen LogP contribution in [0.15, 0.2) is 48.0 Å². The van der Waals surface area contributed by atoms with Gasteiger partial charge in [0.2, 0.25) is 5.91 Å². The Morgan fingerprint density at radius 3 is 2.90 bits per heavy atom. The number of aromatic nitrogens is 1. The average molecular weight is 304 g/mol. The Morgan fingerprint density at radius 1 is 1.48 bits per heavy atom. The van der Waals surface area contributed by atoms with Crippen LogP contribution in [-0.2, 0) is 14.8 Å². The summed E-state index contributed by atoms with van der Waals surface area (Å²) in [4.78, 5) is 15.2. The van der Waals surface area contributed by atoms with Gasteiger partial charge in [0.25, 0.3) is 10.0 Å². The van der Waals surface area contributed by atoms with Crippen molar-refractivity contribution in [1.29, 1.82) is 0 Å². The highest BCUT2D eigenvalue weighted by Gasteiger charge is 2.55. The summed E-state index contributed by atoms with van der Waals surface area (Å²) < 4.78 is 27.1. The number of H-pyrrole nitrogens is 1. The molecular formula is C15H16N2O3S. The van der Waals surface area contributed by atoms with Crippen LogP contribution in [0.4, 0.5) is 0 Å². The van der Waals surface area contributed by atoms with E-state index in [9.17, 15) is 13.2 Å². The molecule has 0 spiro atoms. The Hall–Kier alpha value is -2.08. The van der Waals surface area contributed by atoms with E-state index in [4.69, 9.17) is 0 Å². The summed E-state index contributed by atoms with van der Waals surface area (Å²) in [5.41, 5.74) is -0.169. The SMILES string of the molecule is C=C[C@@H]1C[C@]1(C)C(=O)NS(=O)(=O)c1cccc2cc[nH]c12. The van der Waals surface area contributed by atoms with E-state index in [0.29, 0.717) is 11.9 Å². The lowest BCUT2D eigenvalue weighted by Crippen LogP contribution is -2.36. The van der Waals surface area contributed by atoms with Crippen LogP contribution in [0.3, 0.4) is 0 Å². The molecule has 1 heterocycles. The van der Waals surface area contributed by atoms with Crippen molar-refractivity contribution in [1.82, 2.24) is 9.71 Å². The first-order valence-electron chi connectivity index (χ1n) is 6.64. The van der Waals surface area contributed by atoms with Gasteiger partial charge < -0.3 is 4.98 Å². The summed E-state index contributed by atoms with van der Waals surface area (Å²) in [5.74, 6) is -0.440. The predicted octanol–water partition coefficient (Wildman–Crippen LogP) is 2.19. The van der Waals surface area contributed by atoms with Gasteiger partial charge in [0.1, 0.15) is 4.90 Å². The second kappa shape index (κ2) is 4.46. The number of carbonyl (C=O) groups excluding carboxylic acids is 1. The van der Waals surface area contributed by atoms with Gasteiger partial charge in [-0.25, -0.2) is 13.1 Å². The molecule has 6 heteroatoms. The van der Waals surface area contributed by atoms with Crippen LogP contribution in [-0.4, -0.2) is 19.3 Å². The van der Waals surface area contributed by atoms with Crippen molar-refractivity contribution in [2.45, 2.75) is 18.2 Å². The molecule has 3 rings (SSSR count). The normalized spacial score (nSPS) is 24.7. The highest BCUT2D eigenvalue weighted by molar-refractivity contribution is 7.90. The molecule has 1 saturated carbocycles. The molecule has 1 fully saturated rings. The van der Waals surface area contributed by atoms with Crippen molar-refractivity contribution >= 4 is 26.8 Å². The number of nitrogens with one attached hydrogen (secondary N) is 2. The fourth-order valence-corrected chi connectivity index (χ4v) is 3.87. The van der Waals surface area contributed by atoms with Crippen molar-refractivity contribution < 1.29 is 13.2 Å². The monoisotopic (exact) mass is 304 g/mol. The van der Waals surface area contributed by atoms with E-state index in [2.05, 4.69) is 16.3 Å². The van der Waals surface area contributed by atoms with Crippen molar-refractivity contribution in [3.05, 3.63) is 43.1 Å². The number of para-hydroxylation sites is 1. The molecule has 1 aromatic heterocycles. The molecule has 0 radical (unpaired) electrons. The number of aromatic amines is 1. The molecule has 110 valence electrons. The number of sulfonamides is 1. The molecule has 2 N–H and O–H groups in total. The smallest absolute Gasteiger partial charge is 0.266 e. The summed E-state index contributed by atoms with van der Waals surface area (Å²) in [5, 5.41) is 0.784. The van der Waals surface area contributed by atoms with Crippen molar-refractivity contribution in [2.75, 3.05) is 0 Å². The first kappa shape index (κ1) is 13.9. The summed E-state index contributed by atoms with van der Waals surface area (Å²) in [6, 6.07) is 6.73. The molecule has 2 aromatic rings. The lowest BCUT2D eigenvalue weighted by Gasteiger charge is -2.12. The molecule has 1 aromatic carbocycles. The number of benzene rings is 1. The van der Waals surface area contributed by atoms with Gasteiger partial charge in [0.05, 0.1) is 10.9 Å². The molecule has 1 aliphatic rings. The Bertz CT molecular complexity index is 837. The van der Waals surface area contributed by atoms with E-state index in [1.54, 1.807) is 31.3 Å². The quantitative estimate of drug-likeness (QED) is 0.850. The largest absolute Gasteiger partial charge is 0.360 e. The first-order chi connectivity index (χ1) is 9.88. The maximum absolute atomic E-state index is 12.4. The van der Waals surface area contributed by atoms with Crippen LogP contribution in [0.2, 0.25) is 0 Å². The number of rotatable bonds is 4. The van der Waals surface area contributed by atoms with Crippen molar-refractivity contribution in [3.63, 3.8) is 0 Å². The number of fused-ring (bicyclic) bond motifs is 1. The van der Waals surface area contributed by atoms with Gasteiger partial charge in [0, 0.05) is 11.6 Å². The maximum Gasteiger partial charge on any atom is 0.266 e. The second-order valence-electron chi connectivity index (χ2n) is 5.60. The van der Waals surface area contributed by atoms with Gasteiger partial charge in [-0.05, 0) is 24.5 Å². The summed E-state index contributed by atoms with van der Waals surface area (Å²) >= 11 is 0. The van der Waals surface area contributed by atoms with Gasteiger partial charge in [-0.15, -0.1) is 6.58 Å². The Labute approximate surface area is 123 Å².